The lowest BCUT2D eigenvalue weighted by atomic mass is 10.1. The molecule has 1 fully saturated rings. The first kappa shape index (κ1) is 10.6. The minimum absolute atomic E-state index is 0.350. The fourth-order valence-corrected chi connectivity index (χ4v) is 1.90. The Hall–Kier alpha value is -0.870. The van der Waals surface area contributed by atoms with E-state index in [1.54, 1.807) is 0 Å². The summed E-state index contributed by atoms with van der Waals surface area (Å²) in [4.78, 5) is 0. The van der Waals surface area contributed by atoms with Gasteiger partial charge in [-0.3, -0.25) is 4.68 Å². The Morgan fingerprint density at radius 2 is 2.60 bits per heavy atom. The first-order valence-electron chi connectivity index (χ1n) is 5.59. The molecule has 4 heteroatoms. The lowest BCUT2D eigenvalue weighted by Gasteiger charge is -2.15. The second-order valence-corrected chi connectivity index (χ2v) is 4.21. The second-order valence-electron chi connectivity index (χ2n) is 4.21. The Bertz CT molecular complexity index is 305. The van der Waals surface area contributed by atoms with Crippen molar-refractivity contribution >= 4 is 0 Å². The van der Waals surface area contributed by atoms with Gasteiger partial charge >= 0.3 is 0 Å². The smallest absolute Gasteiger partial charge is 0.0700 e. The van der Waals surface area contributed by atoms with Gasteiger partial charge in [0.15, 0.2) is 0 Å². The molecule has 15 heavy (non-hydrogen) atoms. The average Bonchev–Trinajstić information content (AvgIpc) is 2.84. The molecule has 0 aromatic carbocycles. The molecule has 1 aliphatic rings. The van der Waals surface area contributed by atoms with Gasteiger partial charge in [0.1, 0.15) is 0 Å². The Kier molecular flexibility index (Phi) is 3.38. The van der Waals surface area contributed by atoms with Crippen LogP contribution in [-0.2, 0) is 11.8 Å². The quantitative estimate of drug-likeness (QED) is 0.811. The van der Waals surface area contributed by atoms with Crippen LogP contribution in [0.25, 0.3) is 0 Å². The van der Waals surface area contributed by atoms with Gasteiger partial charge in [0.2, 0.25) is 0 Å². The van der Waals surface area contributed by atoms with Crippen molar-refractivity contribution in [2.45, 2.75) is 31.9 Å². The fourth-order valence-electron chi connectivity index (χ4n) is 1.90. The van der Waals surface area contributed by atoms with Crippen LogP contribution in [0.4, 0.5) is 0 Å². The summed E-state index contributed by atoms with van der Waals surface area (Å²) in [5.41, 5.74) is 1.23. The van der Waals surface area contributed by atoms with Gasteiger partial charge in [-0.1, -0.05) is 0 Å². The first-order valence-corrected chi connectivity index (χ1v) is 5.59. The molecule has 1 N–H and O–H groups in total. The summed E-state index contributed by atoms with van der Waals surface area (Å²) in [6.45, 7) is 4.02. The molecule has 2 atom stereocenters. The molecule has 0 unspecified atom stereocenters. The van der Waals surface area contributed by atoms with Crippen molar-refractivity contribution in [1.82, 2.24) is 15.1 Å². The summed E-state index contributed by atoms with van der Waals surface area (Å²) < 4.78 is 7.39. The molecule has 0 aliphatic carbocycles. The van der Waals surface area contributed by atoms with Crippen LogP contribution in [0, 0.1) is 0 Å². The molecule has 0 saturated carbocycles. The molecule has 0 amide bonds. The summed E-state index contributed by atoms with van der Waals surface area (Å²) in [6, 6.07) is 0.350. The maximum absolute atomic E-state index is 5.56. The van der Waals surface area contributed by atoms with Gasteiger partial charge < -0.3 is 10.1 Å². The van der Waals surface area contributed by atoms with Crippen molar-refractivity contribution in [3.63, 3.8) is 0 Å². The fraction of sp³-hybridized carbons (Fsp3) is 0.727. The van der Waals surface area contributed by atoms with Gasteiger partial charge in [-0.05, 0) is 19.8 Å². The van der Waals surface area contributed by atoms with Crippen LogP contribution in [-0.4, -0.2) is 29.0 Å². The molecule has 2 rings (SSSR count). The summed E-state index contributed by atoms with van der Waals surface area (Å²) >= 11 is 0. The number of aryl methyl sites for hydroxylation is 1. The van der Waals surface area contributed by atoms with E-state index in [9.17, 15) is 0 Å². The third-order valence-corrected chi connectivity index (χ3v) is 2.90. The molecule has 1 saturated heterocycles. The Balaban J connectivity index is 1.79. The van der Waals surface area contributed by atoms with Crippen LogP contribution >= 0.6 is 0 Å². The van der Waals surface area contributed by atoms with E-state index >= 15 is 0 Å². The minimum atomic E-state index is 0.350. The number of hydrogen-bond acceptors (Lipinski definition) is 3. The maximum atomic E-state index is 5.56. The SMILES string of the molecule is C[C@@H](NC[C@@H]1CCCO1)c1cnn(C)c1. The Labute approximate surface area is 90.6 Å². The van der Waals surface area contributed by atoms with E-state index in [-0.39, 0.29) is 0 Å². The molecule has 2 heterocycles. The normalized spacial score (nSPS) is 23.2. The van der Waals surface area contributed by atoms with Gasteiger partial charge in [0.25, 0.3) is 0 Å². The molecular formula is C11H19N3O. The lowest BCUT2D eigenvalue weighted by molar-refractivity contribution is 0.108. The molecule has 0 spiro atoms. The van der Waals surface area contributed by atoms with E-state index in [0.717, 1.165) is 13.2 Å². The monoisotopic (exact) mass is 209 g/mol. The van der Waals surface area contributed by atoms with Crippen molar-refractivity contribution in [3.8, 4) is 0 Å². The molecule has 1 aliphatic heterocycles. The van der Waals surface area contributed by atoms with Crippen molar-refractivity contribution in [2.24, 2.45) is 7.05 Å². The Morgan fingerprint density at radius 1 is 1.73 bits per heavy atom. The van der Waals surface area contributed by atoms with Crippen LogP contribution in [0.1, 0.15) is 31.4 Å². The number of rotatable bonds is 4. The molecule has 4 nitrogen and oxygen atoms in total. The second kappa shape index (κ2) is 4.77. The summed E-state index contributed by atoms with van der Waals surface area (Å²) in [5, 5.41) is 7.64. The number of nitrogens with zero attached hydrogens (tertiary/aromatic N) is 2. The predicted molar refractivity (Wildman–Crippen MR) is 58.6 cm³/mol. The average molecular weight is 209 g/mol. The molecule has 0 radical (unpaired) electrons. The number of hydrogen-bond donors (Lipinski definition) is 1. The van der Waals surface area contributed by atoms with E-state index in [2.05, 4.69) is 17.3 Å². The van der Waals surface area contributed by atoms with Gasteiger partial charge in [-0.25, -0.2) is 0 Å². The minimum Gasteiger partial charge on any atom is -0.377 e. The van der Waals surface area contributed by atoms with Gasteiger partial charge in [-0.15, -0.1) is 0 Å². The van der Waals surface area contributed by atoms with E-state index in [1.165, 1.54) is 18.4 Å². The van der Waals surface area contributed by atoms with Crippen LogP contribution < -0.4 is 5.32 Å². The number of nitrogens with one attached hydrogen (secondary N) is 1. The van der Waals surface area contributed by atoms with Gasteiger partial charge in [0.05, 0.1) is 12.3 Å². The first-order chi connectivity index (χ1) is 7.25. The zero-order valence-corrected chi connectivity index (χ0v) is 9.44. The molecular weight excluding hydrogens is 190 g/mol. The summed E-state index contributed by atoms with van der Waals surface area (Å²) in [5.74, 6) is 0. The maximum Gasteiger partial charge on any atom is 0.0700 e. The highest BCUT2D eigenvalue weighted by Gasteiger charge is 2.16. The standard InChI is InChI=1S/C11H19N3O/c1-9(10-6-13-14(2)8-10)12-7-11-4-3-5-15-11/h6,8-9,11-12H,3-5,7H2,1-2H3/t9-,11+/m1/s1. The highest BCUT2D eigenvalue weighted by molar-refractivity contribution is 5.08. The molecule has 1 aromatic heterocycles. The van der Waals surface area contributed by atoms with Crippen LogP contribution in [0.3, 0.4) is 0 Å². The third kappa shape index (κ3) is 2.79. The van der Waals surface area contributed by atoms with Crippen molar-refractivity contribution in [3.05, 3.63) is 18.0 Å². The molecule has 1 aromatic rings. The van der Waals surface area contributed by atoms with E-state index in [4.69, 9.17) is 4.74 Å². The van der Waals surface area contributed by atoms with Crippen LogP contribution in [0.5, 0.6) is 0 Å². The van der Waals surface area contributed by atoms with Crippen molar-refractivity contribution in [2.75, 3.05) is 13.2 Å². The highest BCUT2D eigenvalue weighted by atomic mass is 16.5. The van der Waals surface area contributed by atoms with Crippen LogP contribution in [0.15, 0.2) is 12.4 Å². The van der Waals surface area contributed by atoms with E-state index in [1.807, 2.05) is 24.1 Å². The molecule has 0 bridgehead atoms. The van der Waals surface area contributed by atoms with Crippen molar-refractivity contribution < 1.29 is 4.74 Å². The zero-order valence-electron chi connectivity index (χ0n) is 9.44. The van der Waals surface area contributed by atoms with E-state index in [0.29, 0.717) is 12.1 Å². The largest absolute Gasteiger partial charge is 0.377 e. The van der Waals surface area contributed by atoms with Gasteiger partial charge in [0, 0.05) is 38.0 Å². The molecule has 84 valence electrons. The zero-order chi connectivity index (χ0) is 10.7. The number of ether oxygens (including phenoxy) is 1. The summed E-state index contributed by atoms with van der Waals surface area (Å²) in [6.07, 6.45) is 6.75. The van der Waals surface area contributed by atoms with Crippen molar-refractivity contribution in [1.29, 1.82) is 0 Å². The lowest BCUT2D eigenvalue weighted by Crippen LogP contribution is -2.28. The summed E-state index contributed by atoms with van der Waals surface area (Å²) in [7, 11) is 1.94. The van der Waals surface area contributed by atoms with E-state index < -0.39 is 0 Å². The number of aromatic nitrogens is 2. The predicted octanol–water partition coefficient (Wildman–Crippen LogP) is 1.25. The van der Waals surface area contributed by atoms with Crippen LogP contribution in [0.2, 0.25) is 0 Å². The van der Waals surface area contributed by atoms with Gasteiger partial charge in [-0.2, -0.15) is 5.10 Å². The highest BCUT2D eigenvalue weighted by Crippen LogP contribution is 2.14. The third-order valence-electron chi connectivity index (χ3n) is 2.90. The topological polar surface area (TPSA) is 39.1 Å². The Morgan fingerprint density at radius 3 is 3.20 bits per heavy atom.